The van der Waals surface area contributed by atoms with Gasteiger partial charge in [-0.25, -0.2) is 4.98 Å². The van der Waals surface area contributed by atoms with Gasteiger partial charge in [-0.1, -0.05) is 12.1 Å². The maximum Gasteiger partial charge on any atom is 0.259 e. The summed E-state index contributed by atoms with van der Waals surface area (Å²) < 4.78 is 6.92. The van der Waals surface area contributed by atoms with Crippen molar-refractivity contribution in [2.75, 3.05) is 11.1 Å². The minimum atomic E-state index is -0.309. The molecule has 1 amide bonds. The summed E-state index contributed by atoms with van der Waals surface area (Å²) in [6.07, 6.45) is 0. The molecule has 0 atom stereocenters. The van der Waals surface area contributed by atoms with E-state index in [0.717, 1.165) is 15.0 Å². The Labute approximate surface area is 159 Å². The molecule has 3 N–H and O–H groups in total. The van der Waals surface area contributed by atoms with Gasteiger partial charge in [0.2, 0.25) is 0 Å². The van der Waals surface area contributed by atoms with Crippen LogP contribution in [0.1, 0.15) is 16.1 Å². The number of carbonyl (C=O) groups excluding carboxylic acids is 1. The zero-order valence-electron chi connectivity index (χ0n) is 13.5. The van der Waals surface area contributed by atoms with Gasteiger partial charge in [-0.2, -0.15) is 0 Å². The predicted octanol–water partition coefficient (Wildman–Crippen LogP) is 4.62. The monoisotopic (exact) mass is 445 g/mol. The first-order valence-corrected chi connectivity index (χ1v) is 8.67. The lowest BCUT2D eigenvalue weighted by atomic mass is 10.2. The number of aryl methyl sites for hydroxylation is 1. The van der Waals surface area contributed by atoms with Gasteiger partial charge in [0.25, 0.3) is 5.91 Å². The van der Waals surface area contributed by atoms with Crippen LogP contribution in [0.3, 0.4) is 0 Å². The molecule has 2 aromatic carbocycles. The van der Waals surface area contributed by atoms with Crippen molar-refractivity contribution in [3.05, 3.63) is 75.5 Å². The van der Waals surface area contributed by atoms with Crippen LogP contribution in [0.25, 0.3) is 0 Å². The van der Waals surface area contributed by atoms with Gasteiger partial charge in [0.15, 0.2) is 0 Å². The number of rotatable bonds is 4. The highest BCUT2D eigenvalue weighted by Crippen LogP contribution is 2.25. The summed E-state index contributed by atoms with van der Waals surface area (Å²) in [6.45, 7) is 1.82. The Morgan fingerprint density at radius 2 is 1.80 bits per heavy atom. The number of hydrogen-bond acceptors (Lipinski definition) is 4. The molecule has 3 rings (SSSR count). The second-order valence-corrected chi connectivity index (χ2v) is 6.67. The Morgan fingerprint density at radius 1 is 1.08 bits per heavy atom. The fourth-order valence-electron chi connectivity index (χ4n) is 2.27. The van der Waals surface area contributed by atoms with E-state index in [0.29, 0.717) is 17.0 Å². The number of amides is 1. The second kappa shape index (κ2) is 7.52. The van der Waals surface area contributed by atoms with Crippen molar-refractivity contribution in [3.63, 3.8) is 0 Å². The number of carbonyl (C=O) groups is 1. The molecule has 5 nitrogen and oxygen atoms in total. The maximum atomic E-state index is 12.4. The molecule has 126 valence electrons. The van der Waals surface area contributed by atoms with Gasteiger partial charge in [0, 0.05) is 21.0 Å². The average Bonchev–Trinajstić information content (AvgIpc) is 2.55. The zero-order chi connectivity index (χ0) is 17.8. The van der Waals surface area contributed by atoms with Gasteiger partial charge >= 0.3 is 0 Å². The van der Waals surface area contributed by atoms with Crippen LogP contribution in [0.15, 0.2) is 60.7 Å². The summed E-state index contributed by atoms with van der Waals surface area (Å²) in [5.74, 6) is 1.28. The minimum Gasteiger partial charge on any atom is -0.457 e. The summed E-state index contributed by atoms with van der Waals surface area (Å²) in [6, 6.07) is 18.3. The molecule has 3 aromatic rings. The Balaban J connectivity index is 1.76. The van der Waals surface area contributed by atoms with Gasteiger partial charge in [0.05, 0.1) is 5.56 Å². The average molecular weight is 445 g/mol. The summed E-state index contributed by atoms with van der Waals surface area (Å²) in [5, 5.41) is 2.82. The lowest BCUT2D eigenvalue weighted by Gasteiger charge is -2.10. The molecule has 0 fully saturated rings. The number of anilines is 2. The largest absolute Gasteiger partial charge is 0.457 e. The van der Waals surface area contributed by atoms with Crippen LogP contribution in [0.4, 0.5) is 11.5 Å². The smallest absolute Gasteiger partial charge is 0.259 e. The third-order valence-electron chi connectivity index (χ3n) is 3.43. The number of benzene rings is 2. The highest BCUT2D eigenvalue weighted by Gasteiger charge is 2.11. The highest BCUT2D eigenvalue weighted by atomic mass is 127. The maximum absolute atomic E-state index is 12.4. The lowest BCUT2D eigenvalue weighted by Crippen LogP contribution is -2.15. The molecule has 1 heterocycles. The number of ether oxygens (including phenoxy) is 1. The fourth-order valence-corrected chi connectivity index (χ4v) is 2.79. The molecular formula is C19H16IN3O2. The first kappa shape index (κ1) is 17.2. The Hall–Kier alpha value is -2.61. The van der Waals surface area contributed by atoms with E-state index in [2.05, 4.69) is 32.9 Å². The van der Waals surface area contributed by atoms with E-state index in [-0.39, 0.29) is 11.7 Å². The number of nitrogen functional groups attached to an aromatic ring is 1. The van der Waals surface area contributed by atoms with Gasteiger partial charge in [0.1, 0.15) is 17.3 Å². The topological polar surface area (TPSA) is 77.2 Å². The standard InChI is InChI=1S/C19H16IN3O2/c1-12-8-9-17(18(21)22-12)19(24)23-14-5-3-7-16(11-14)25-15-6-2-4-13(20)10-15/h2-11H,1H3,(H2,21,22)(H,23,24). The van der Waals surface area contributed by atoms with Gasteiger partial charge in [-0.15, -0.1) is 0 Å². The van der Waals surface area contributed by atoms with Crippen molar-refractivity contribution in [2.45, 2.75) is 6.92 Å². The molecular weight excluding hydrogens is 429 g/mol. The van der Waals surface area contributed by atoms with Gasteiger partial charge in [-0.3, -0.25) is 4.79 Å². The van der Waals surface area contributed by atoms with Crippen LogP contribution in [0, 0.1) is 10.5 Å². The molecule has 25 heavy (non-hydrogen) atoms. The van der Waals surface area contributed by atoms with Crippen LogP contribution in [-0.4, -0.2) is 10.9 Å². The van der Waals surface area contributed by atoms with Crippen LogP contribution in [-0.2, 0) is 0 Å². The number of nitrogens with one attached hydrogen (secondary N) is 1. The number of hydrogen-bond donors (Lipinski definition) is 2. The third-order valence-corrected chi connectivity index (χ3v) is 4.10. The van der Waals surface area contributed by atoms with E-state index < -0.39 is 0 Å². The van der Waals surface area contributed by atoms with Crippen molar-refractivity contribution in [3.8, 4) is 11.5 Å². The van der Waals surface area contributed by atoms with E-state index in [1.807, 2.05) is 43.3 Å². The molecule has 0 aliphatic rings. The van der Waals surface area contributed by atoms with Crippen molar-refractivity contribution >= 4 is 40.0 Å². The summed E-state index contributed by atoms with van der Waals surface area (Å²) >= 11 is 2.23. The van der Waals surface area contributed by atoms with Gasteiger partial charge < -0.3 is 15.8 Å². The quantitative estimate of drug-likeness (QED) is 0.575. The van der Waals surface area contributed by atoms with E-state index in [1.165, 1.54) is 0 Å². The van der Waals surface area contributed by atoms with Crippen LogP contribution >= 0.6 is 22.6 Å². The molecule has 0 saturated heterocycles. The van der Waals surface area contributed by atoms with Crippen LogP contribution in [0.2, 0.25) is 0 Å². The van der Waals surface area contributed by atoms with E-state index in [4.69, 9.17) is 10.5 Å². The normalized spacial score (nSPS) is 10.3. The van der Waals surface area contributed by atoms with E-state index in [9.17, 15) is 4.79 Å². The molecule has 0 aliphatic heterocycles. The first-order valence-electron chi connectivity index (χ1n) is 7.59. The molecule has 6 heteroatoms. The predicted molar refractivity (Wildman–Crippen MR) is 107 cm³/mol. The van der Waals surface area contributed by atoms with Crippen LogP contribution in [0.5, 0.6) is 11.5 Å². The van der Waals surface area contributed by atoms with Crippen molar-refractivity contribution in [2.24, 2.45) is 0 Å². The summed E-state index contributed by atoms with van der Waals surface area (Å²) in [4.78, 5) is 16.5. The van der Waals surface area contributed by atoms with E-state index in [1.54, 1.807) is 24.3 Å². The van der Waals surface area contributed by atoms with Crippen molar-refractivity contribution in [1.82, 2.24) is 4.98 Å². The lowest BCUT2D eigenvalue weighted by molar-refractivity contribution is 0.102. The van der Waals surface area contributed by atoms with Crippen molar-refractivity contribution in [1.29, 1.82) is 0 Å². The van der Waals surface area contributed by atoms with Crippen LogP contribution < -0.4 is 15.8 Å². The SMILES string of the molecule is Cc1ccc(C(=O)Nc2cccc(Oc3cccc(I)c3)c2)c(N)n1. The number of pyridine rings is 1. The third kappa shape index (κ3) is 4.48. The van der Waals surface area contributed by atoms with Gasteiger partial charge in [-0.05, 0) is 72.0 Å². The molecule has 0 radical (unpaired) electrons. The number of nitrogens with two attached hydrogens (primary N) is 1. The summed E-state index contributed by atoms with van der Waals surface area (Å²) in [5.41, 5.74) is 7.55. The molecule has 1 aromatic heterocycles. The fraction of sp³-hybridized carbons (Fsp3) is 0.0526. The molecule has 0 unspecified atom stereocenters. The highest BCUT2D eigenvalue weighted by molar-refractivity contribution is 14.1. The number of halogens is 1. The Bertz CT molecular complexity index is 928. The second-order valence-electron chi connectivity index (χ2n) is 5.43. The molecule has 0 bridgehead atoms. The number of aromatic nitrogens is 1. The minimum absolute atomic E-state index is 0.212. The van der Waals surface area contributed by atoms with Crippen molar-refractivity contribution < 1.29 is 9.53 Å². The zero-order valence-corrected chi connectivity index (χ0v) is 15.7. The molecule has 0 aliphatic carbocycles. The number of nitrogens with zero attached hydrogens (tertiary/aromatic N) is 1. The Morgan fingerprint density at radius 3 is 2.52 bits per heavy atom. The Kier molecular flexibility index (Phi) is 5.18. The van der Waals surface area contributed by atoms with E-state index >= 15 is 0 Å². The summed E-state index contributed by atoms with van der Waals surface area (Å²) in [7, 11) is 0. The first-order chi connectivity index (χ1) is 12.0. The molecule has 0 spiro atoms. The molecule has 0 saturated carbocycles.